The molecular formula is C15H21NO. The molecule has 2 nitrogen and oxygen atoms in total. The van der Waals surface area contributed by atoms with E-state index in [0.717, 1.165) is 0 Å². The van der Waals surface area contributed by atoms with E-state index in [4.69, 9.17) is 0 Å². The maximum atomic E-state index is 11.8. The Morgan fingerprint density at radius 3 is 2.18 bits per heavy atom. The summed E-state index contributed by atoms with van der Waals surface area (Å²) in [5, 5.41) is 3.12. The van der Waals surface area contributed by atoms with Gasteiger partial charge in [-0.25, -0.2) is 0 Å². The van der Waals surface area contributed by atoms with Crippen LogP contribution in [0.3, 0.4) is 0 Å². The highest BCUT2D eigenvalue weighted by molar-refractivity contribution is 5.82. The second-order valence-corrected chi connectivity index (χ2v) is 5.84. The molecule has 1 aromatic rings. The lowest BCUT2D eigenvalue weighted by atomic mass is 9.61. The molecule has 0 spiro atoms. The highest BCUT2D eigenvalue weighted by Gasteiger charge is 2.55. The van der Waals surface area contributed by atoms with Gasteiger partial charge in [-0.15, -0.1) is 0 Å². The molecule has 0 saturated carbocycles. The molecule has 2 rings (SSSR count). The topological polar surface area (TPSA) is 29.1 Å². The number of nitrogens with one attached hydrogen (secondary N) is 1. The highest BCUT2D eigenvalue weighted by atomic mass is 16.2. The zero-order valence-corrected chi connectivity index (χ0v) is 11.1. The van der Waals surface area contributed by atoms with Crippen molar-refractivity contribution < 1.29 is 4.79 Å². The second kappa shape index (κ2) is 3.86. The van der Waals surface area contributed by atoms with E-state index < -0.39 is 0 Å². The summed E-state index contributed by atoms with van der Waals surface area (Å²) in [6.07, 6.45) is 0.585. The molecule has 1 fully saturated rings. The SMILES string of the molecule is CC(C)C1(c2ccccc2)CC(=O)NC1(C)C. The second-order valence-electron chi connectivity index (χ2n) is 5.84. The van der Waals surface area contributed by atoms with Gasteiger partial charge in [0.05, 0.1) is 0 Å². The first-order valence-corrected chi connectivity index (χ1v) is 6.27. The Morgan fingerprint density at radius 2 is 1.76 bits per heavy atom. The lowest BCUT2D eigenvalue weighted by molar-refractivity contribution is -0.119. The predicted octanol–water partition coefficient (Wildman–Crippen LogP) is 2.88. The van der Waals surface area contributed by atoms with Crippen molar-refractivity contribution in [3.05, 3.63) is 35.9 Å². The molecule has 1 aliphatic rings. The molecule has 1 saturated heterocycles. The minimum atomic E-state index is -0.195. The van der Waals surface area contributed by atoms with Crippen LogP contribution in [0.25, 0.3) is 0 Å². The van der Waals surface area contributed by atoms with Gasteiger partial charge in [-0.2, -0.15) is 0 Å². The smallest absolute Gasteiger partial charge is 0.221 e. The Hall–Kier alpha value is -1.31. The fourth-order valence-corrected chi connectivity index (χ4v) is 3.44. The summed E-state index contributed by atoms with van der Waals surface area (Å²) in [6.45, 7) is 8.67. The molecule has 17 heavy (non-hydrogen) atoms. The van der Waals surface area contributed by atoms with Crippen LogP contribution in [-0.4, -0.2) is 11.4 Å². The lowest BCUT2D eigenvalue weighted by Gasteiger charge is -2.44. The molecule has 0 radical (unpaired) electrons. The van der Waals surface area contributed by atoms with E-state index in [1.165, 1.54) is 5.56 Å². The number of benzene rings is 1. The average Bonchev–Trinajstić information content (AvgIpc) is 2.50. The van der Waals surface area contributed by atoms with Gasteiger partial charge < -0.3 is 5.32 Å². The fraction of sp³-hybridized carbons (Fsp3) is 0.533. The number of carbonyl (C=O) groups excluding carboxylic acids is 1. The van der Waals surface area contributed by atoms with Crippen molar-refractivity contribution >= 4 is 5.91 Å². The zero-order valence-electron chi connectivity index (χ0n) is 11.1. The van der Waals surface area contributed by atoms with E-state index >= 15 is 0 Å². The minimum Gasteiger partial charge on any atom is -0.350 e. The van der Waals surface area contributed by atoms with Crippen LogP contribution < -0.4 is 5.32 Å². The number of hydrogen-bond donors (Lipinski definition) is 1. The monoisotopic (exact) mass is 231 g/mol. The van der Waals surface area contributed by atoms with Gasteiger partial charge in [0.25, 0.3) is 0 Å². The molecule has 1 atom stereocenters. The van der Waals surface area contributed by atoms with Crippen molar-refractivity contribution in [1.29, 1.82) is 0 Å². The predicted molar refractivity (Wildman–Crippen MR) is 69.8 cm³/mol. The fourth-order valence-electron chi connectivity index (χ4n) is 3.44. The number of amides is 1. The molecule has 0 bridgehead atoms. The quantitative estimate of drug-likeness (QED) is 0.833. The van der Waals surface area contributed by atoms with Crippen LogP contribution in [0.1, 0.15) is 39.7 Å². The summed E-state index contributed by atoms with van der Waals surface area (Å²) >= 11 is 0. The minimum absolute atomic E-state index is 0.106. The molecule has 1 aliphatic heterocycles. The van der Waals surface area contributed by atoms with Crippen molar-refractivity contribution in [2.45, 2.75) is 45.1 Å². The van der Waals surface area contributed by atoms with E-state index in [1.54, 1.807) is 0 Å². The third-order valence-corrected chi connectivity index (χ3v) is 4.28. The summed E-state index contributed by atoms with van der Waals surface area (Å²) in [5.74, 6) is 0.575. The zero-order chi connectivity index (χ0) is 12.7. The lowest BCUT2D eigenvalue weighted by Crippen LogP contribution is -2.52. The summed E-state index contributed by atoms with van der Waals surface area (Å²) in [4.78, 5) is 11.8. The van der Waals surface area contributed by atoms with Crippen LogP contribution in [0, 0.1) is 5.92 Å². The largest absolute Gasteiger partial charge is 0.350 e. The summed E-state index contributed by atoms with van der Waals surface area (Å²) in [6, 6.07) is 10.4. The maximum Gasteiger partial charge on any atom is 0.221 e. The van der Waals surface area contributed by atoms with E-state index in [2.05, 4.69) is 57.3 Å². The molecule has 0 aliphatic carbocycles. The molecule has 1 aromatic carbocycles. The first kappa shape index (κ1) is 12.2. The van der Waals surface area contributed by atoms with E-state index in [0.29, 0.717) is 12.3 Å². The first-order chi connectivity index (χ1) is 7.90. The van der Waals surface area contributed by atoms with Crippen molar-refractivity contribution in [2.24, 2.45) is 5.92 Å². The van der Waals surface area contributed by atoms with Crippen molar-refractivity contribution in [1.82, 2.24) is 5.32 Å². The normalized spacial score (nSPS) is 27.2. The Kier molecular flexibility index (Phi) is 2.76. The van der Waals surface area contributed by atoms with E-state index in [-0.39, 0.29) is 16.9 Å². The van der Waals surface area contributed by atoms with Gasteiger partial charge in [0.2, 0.25) is 5.91 Å². The molecule has 2 heteroatoms. The first-order valence-electron chi connectivity index (χ1n) is 6.27. The van der Waals surface area contributed by atoms with Crippen LogP contribution in [0.2, 0.25) is 0 Å². The van der Waals surface area contributed by atoms with Crippen molar-refractivity contribution in [3.8, 4) is 0 Å². The van der Waals surface area contributed by atoms with Gasteiger partial charge in [-0.1, -0.05) is 44.2 Å². The van der Waals surface area contributed by atoms with Gasteiger partial charge in [0.15, 0.2) is 0 Å². The van der Waals surface area contributed by atoms with Crippen LogP contribution >= 0.6 is 0 Å². The molecule has 1 amide bonds. The van der Waals surface area contributed by atoms with Crippen molar-refractivity contribution in [3.63, 3.8) is 0 Å². The number of hydrogen-bond acceptors (Lipinski definition) is 1. The Bertz CT molecular complexity index is 422. The van der Waals surface area contributed by atoms with Gasteiger partial charge >= 0.3 is 0 Å². The molecule has 0 aromatic heterocycles. The van der Waals surface area contributed by atoms with E-state index in [1.807, 2.05) is 6.07 Å². The Morgan fingerprint density at radius 1 is 1.18 bits per heavy atom. The van der Waals surface area contributed by atoms with Crippen LogP contribution in [0.4, 0.5) is 0 Å². The average molecular weight is 231 g/mol. The van der Waals surface area contributed by atoms with Crippen molar-refractivity contribution in [2.75, 3.05) is 0 Å². The maximum absolute atomic E-state index is 11.8. The molecule has 92 valence electrons. The van der Waals surface area contributed by atoms with E-state index in [9.17, 15) is 4.79 Å². The highest BCUT2D eigenvalue weighted by Crippen LogP contribution is 2.48. The molecule has 1 unspecified atom stereocenters. The van der Waals surface area contributed by atoms with Crippen LogP contribution in [0.15, 0.2) is 30.3 Å². The standard InChI is InChI=1S/C15H21NO/c1-11(2)15(12-8-6-5-7-9-12)10-13(17)16-14(15,3)4/h5-9,11H,10H2,1-4H3,(H,16,17). The third kappa shape index (κ3) is 1.67. The number of rotatable bonds is 2. The van der Waals surface area contributed by atoms with Gasteiger partial charge in [-0.05, 0) is 25.3 Å². The van der Waals surface area contributed by atoms with Gasteiger partial charge in [0, 0.05) is 17.4 Å². The summed E-state index contributed by atoms with van der Waals surface area (Å²) in [7, 11) is 0. The molecule has 1 heterocycles. The molecule has 1 N–H and O–H groups in total. The third-order valence-electron chi connectivity index (χ3n) is 4.28. The van der Waals surface area contributed by atoms with Gasteiger partial charge in [-0.3, -0.25) is 4.79 Å². The van der Waals surface area contributed by atoms with Crippen LogP contribution in [0.5, 0.6) is 0 Å². The Balaban J connectivity index is 2.59. The van der Waals surface area contributed by atoms with Gasteiger partial charge in [0.1, 0.15) is 0 Å². The molecular weight excluding hydrogens is 210 g/mol. The Labute approximate surface area is 103 Å². The number of carbonyl (C=O) groups is 1. The summed E-state index contributed by atoms with van der Waals surface area (Å²) < 4.78 is 0. The summed E-state index contributed by atoms with van der Waals surface area (Å²) in [5.41, 5.74) is 0.962. The van der Waals surface area contributed by atoms with Crippen LogP contribution in [-0.2, 0) is 10.2 Å².